The third-order valence-corrected chi connectivity index (χ3v) is 2.12. The van der Waals surface area contributed by atoms with Gasteiger partial charge >= 0.3 is 0 Å². The molecule has 0 amide bonds. The van der Waals surface area contributed by atoms with Crippen molar-refractivity contribution in [2.75, 3.05) is 12.8 Å². The van der Waals surface area contributed by atoms with Crippen LogP contribution >= 0.6 is 0 Å². The number of aliphatic hydroxyl groups is 1. The van der Waals surface area contributed by atoms with Gasteiger partial charge in [0, 0.05) is 6.54 Å². The molecular formula is C8H19NO3S. The SMILES string of the molecule is CC(C)(C)C[C@H](O)CNS(C)(=O)=O. The molecule has 0 aliphatic carbocycles. The van der Waals surface area contributed by atoms with Crippen LogP contribution in [0.15, 0.2) is 0 Å². The summed E-state index contributed by atoms with van der Waals surface area (Å²) in [5, 5.41) is 9.42. The average molecular weight is 209 g/mol. The Bertz CT molecular complexity index is 241. The molecule has 0 heterocycles. The van der Waals surface area contributed by atoms with E-state index in [0.717, 1.165) is 6.26 Å². The van der Waals surface area contributed by atoms with Crippen LogP contribution in [-0.4, -0.2) is 32.4 Å². The highest BCUT2D eigenvalue weighted by Gasteiger charge is 2.17. The maximum Gasteiger partial charge on any atom is 0.208 e. The zero-order valence-corrected chi connectivity index (χ0v) is 9.48. The molecule has 0 rings (SSSR count). The van der Waals surface area contributed by atoms with Crippen molar-refractivity contribution in [3.05, 3.63) is 0 Å². The van der Waals surface area contributed by atoms with Crippen molar-refractivity contribution in [1.82, 2.24) is 4.72 Å². The Labute approximate surface area is 80.4 Å². The van der Waals surface area contributed by atoms with E-state index in [9.17, 15) is 13.5 Å². The van der Waals surface area contributed by atoms with E-state index in [2.05, 4.69) is 4.72 Å². The first-order chi connectivity index (χ1) is 5.60. The van der Waals surface area contributed by atoms with Crippen molar-refractivity contribution in [1.29, 1.82) is 0 Å². The lowest BCUT2D eigenvalue weighted by molar-refractivity contribution is 0.125. The van der Waals surface area contributed by atoms with Gasteiger partial charge in [-0.1, -0.05) is 20.8 Å². The van der Waals surface area contributed by atoms with Crippen LogP contribution in [0.3, 0.4) is 0 Å². The van der Waals surface area contributed by atoms with E-state index < -0.39 is 16.1 Å². The zero-order chi connectivity index (χ0) is 10.7. The second kappa shape index (κ2) is 4.39. The number of nitrogens with one attached hydrogen (secondary N) is 1. The smallest absolute Gasteiger partial charge is 0.208 e. The molecule has 4 nitrogen and oxygen atoms in total. The van der Waals surface area contributed by atoms with Crippen LogP contribution in [0, 0.1) is 5.41 Å². The van der Waals surface area contributed by atoms with Gasteiger partial charge in [0.2, 0.25) is 10.0 Å². The van der Waals surface area contributed by atoms with Gasteiger partial charge < -0.3 is 5.11 Å². The monoisotopic (exact) mass is 209 g/mol. The van der Waals surface area contributed by atoms with Crippen LogP contribution in [-0.2, 0) is 10.0 Å². The maximum atomic E-state index is 10.7. The van der Waals surface area contributed by atoms with E-state index in [-0.39, 0.29) is 12.0 Å². The highest BCUT2D eigenvalue weighted by molar-refractivity contribution is 7.88. The minimum absolute atomic E-state index is 0.0125. The Morgan fingerprint density at radius 2 is 1.85 bits per heavy atom. The van der Waals surface area contributed by atoms with Crippen molar-refractivity contribution in [3.63, 3.8) is 0 Å². The fourth-order valence-corrected chi connectivity index (χ4v) is 1.52. The Morgan fingerprint density at radius 3 is 2.15 bits per heavy atom. The summed E-state index contributed by atoms with van der Waals surface area (Å²) in [6, 6.07) is 0. The van der Waals surface area contributed by atoms with E-state index in [1.807, 2.05) is 20.8 Å². The molecule has 80 valence electrons. The van der Waals surface area contributed by atoms with E-state index in [0.29, 0.717) is 6.42 Å². The number of rotatable bonds is 4. The third kappa shape index (κ3) is 9.79. The Morgan fingerprint density at radius 1 is 1.38 bits per heavy atom. The lowest BCUT2D eigenvalue weighted by atomic mass is 9.89. The summed E-state index contributed by atoms with van der Waals surface area (Å²) in [6.07, 6.45) is 1.04. The molecule has 13 heavy (non-hydrogen) atoms. The first kappa shape index (κ1) is 12.9. The average Bonchev–Trinajstić information content (AvgIpc) is 1.78. The second-order valence-electron chi connectivity index (χ2n) is 4.54. The van der Waals surface area contributed by atoms with Crippen LogP contribution in [0.2, 0.25) is 0 Å². The van der Waals surface area contributed by atoms with Crippen LogP contribution in [0.25, 0.3) is 0 Å². The van der Waals surface area contributed by atoms with Crippen molar-refractivity contribution < 1.29 is 13.5 Å². The maximum absolute atomic E-state index is 10.7. The molecule has 0 saturated carbocycles. The van der Waals surface area contributed by atoms with Gasteiger partial charge in [-0.05, 0) is 11.8 Å². The van der Waals surface area contributed by atoms with Crippen molar-refractivity contribution in [2.45, 2.75) is 33.3 Å². The van der Waals surface area contributed by atoms with E-state index in [1.165, 1.54) is 0 Å². The molecule has 0 aromatic rings. The van der Waals surface area contributed by atoms with Gasteiger partial charge in [0.1, 0.15) is 0 Å². The van der Waals surface area contributed by atoms with Gasteiger partial charge in [-0.3, -0.25) is 0 Å². The largest absolute Gasteiger partial charge is 0.392 e. The molecule has 0 radical (unpaired) electrons. The van der Waals surface area contributed by atoms with Gasteiger partial charge in [-0.2, -0.15) is 0 Å². The zero-order valence-electron chi connectivity index (χ0n) is 8.66. The molecule has 1 atom stereocenters. The molecule has 0 aromatic heterocycles. The van der Waals surface area contributed by atoms with Crippen molar-refractivity contribution in [3.8, 4) is 0 Å². The molecular weight excluding hydrogens is 190 g/mol. The van der Waals surface area contributed by atoms with Crippen molar-refractivity contribution >= 4 is 10.0 Å². The number of hydrogen-bond acceptors (Lipinski definition) is 3. The predicted molar refractivity (Wildman–Crippen MR) is 52.9 cm³/mol. The van der Waals surface area contributed by atoms with E-state index in [4.69, 9.17) is 0 Å². The third-order valence-electron chi connectivity index (χ3n) is 1.43. The fraction of sp³-hybridized carbons (Fsp3) is 1.00. The minimum Gasteiger partial charge on any atom is -0.392 e. The summed E-state index contributed by atoms with van der Waals surface area (Å²) in [5.41, 5.74) is 0.0125. The second-order valence-corrected chi connectivity index (χ2v) is 6.37. The number of aliphatic hydroxyl groups excluding tert-OH is 1. The summed E-state index contributed by atoms with van der Waals surface area (Å²) in [4.78, 5) is 0. The molecule has 0 saturated heterocycles. The number of hydrogen-bond donors (Lipinski definition) is 2. The van der Waals surface area contributed by atoms with Gasteiger partial charge in [-0.15, -0.1) is 0 Å². The lowest BCUT2D eigenvalue weighted by Gasteiger charge is -2.22. The van der Waals surface area contributed by atoms with Crippen LogP contribution in [0.5, 0.6) is 0 Å². The quantitative estimate of drug-likeness (QED) is 0.701. The molecule has 0 aliphatic rings. The first-order valence-electron chi connectivity index (χ1n) is 4.23. The highest BCUT2D eigenvalue weighted by Crippen LogP contribution is 2.20. The topological polar surface area (TPSA) is 66.4 Å². The molecule has 0 aliphatic heterocycles. The molecule has 5 heteroatoms. The molecule has 0 bridgehead atoms. The normalized spacial score (nSPS) is 15.8. The minimum atomic E-state index is -3.18. The van der Waals surface area contributed by atoms with Gasteiger partial charge in [0.05, 0.1) is 12.4 Å². The summed E-state index contributed by atoms with van der Waals surface area (Å²) >= 11 is 0. The van der Waals surface area contributed by atoms with E-state index >= 15 is 0 Å². The fourth-order valence-electron chi connectivity index (χ4n) is 1.03. The first-order valence-corrected chi connectivity index (χ1v) is 6.12. The molecule has 0 unspecified atom stereocenters. The summed E-state index contributed by atoms with van der Waals surface area (Å²) in [5.74, 6) is 0. The summed E-state index contributed by atoms with van der Waals surface area (Å²) in [7, 11) is -3.18. The summed E-state index contributed by atoms with van der Waals surface area (Å²) in [6.45, 7) is 6.08. The van der Waals surface area contributed by atoms with Gasteiger partial charge in [-0.25, -0.2) is 13.1 Å². The Kier molecular flexibility index (Phi) is 4.35. The molecule has 2 N–H and O–H groups in total. The van der Waals surface area contributed by atoms with Crippen molar-refractivity contribution in [2.24, 2.45) is 5.41 Å². The van der Waals surface area contributed by atoms with Crippen LogP contribution in [0.4, 0.5) is 0 Å². The molecule has 0 spiro atoms. The van der Waals surface area contributed by atoms with Gasteiger partial charge in [0.25, 0.3) is 0 Å². The molecule has 0 aromatic carbocycles. The Balaban J connectivity index is 3.84. The van der Waals surface area contributed by atoms with E-state index in [1.54, 1.807) is 0 Å². The predicted octanol–water partition coefficient (Wildman–Crippen LogP) is 0.333. The lowest BCUT2D eigenvalue weighted by Crippen LogP contribution is -2.33. The highest BCUT2D eigenvalue weighted by atomic mass is 32.2. The summed E-state index contributed by atoms with van der Waals surface area (Å²) < 4.78 is 23.6. The van der Waals surface area contributed by atoms with Crippen LogP contribution < -0.4 is 4.72 Å². The Hall–Kier alpha value is -0.130. The standard InChI is InChI=1S/C8H19NO3S/c1-8(2,3)5-7(10)6-9-13(4,11)12/h7,9-10H,5-6H2,1-4H3/t7-/m0/s1. The van der Waals surface area contributed by atoms with Gasteiger partial charge in [0.15, 0.2) is 0 Å². The van der Waals surface area contributed by atoms with Crippen LogP contribution in [0.1, 0.15) is 27.2 Å². The number of sulfonamides is 1. The molecule has 0 fully saturated rings.